The van der Waals surface area contributed by atoms with Crippen molar-refractivity contribution in [3.63, 3.8) is 0 Å². The minimum atomic E-state index is -3.56. The highest BCUT2D eigenvalue weighted by molar-refractivity contribution is 7.92. The summed E-state index contributed by atoms with van der Waals surface area (Å²) in [4.78, 5) is 0.281. The lowest BCUT2D eigenvalue weighted by Crippen LogP contribution is -2.30. The third-order valence-corrected chi connectivity index (χ3v) is 5.03. The minimum Gasteiger partial charge on any atom is -0.490 e. The molecule has 22 heavy (non-hydrogen) atoms. The fraction of sp³-hybridized carbons (Fsp3) is 0.176. The molecule has 0 aliphatic rings. The summed E-state index contributed by atoms with van der Waals surface area (Å²) in [6.07, 6.45) is 1.66. The molecule has 2 aromatic carbocycles. The smallest absolute Gasteiger partial charge is 0.264 e. The Bertz CT molecular complexity index is 709. The normalized spacial score (nSPS) is 11.0. The second-order valence-electron chi connectivity index (χ2n) is 4.58. The van der Waals surface area contributed by atoms with Gasteiger partial charge in [-0.05, 0) is 43.3 Å². The van der Waals surface area contributed by atoms with Gasteiger partial charge in [-0.2, -0.15) is 0 Å². The maximum atomic E-state index is 12.7. The number of rotatable bonds is 7. The highest BCUT2D eigenvalue weighted by Crippen LogP contribution is 2.25. The first kappa shape index (κ1) is 16.1. The van der Waals surface area contributed by atoms with Crippen LogP contribution in [0.3, 0.4) is 0 Å². The highest BCUT2D eigenvalue weighted by atomic mass is 32.2. The molecule has 0 atom stereocenters. The molecule has 0 fully saturated rings. The van der Waals surface area contributed by atoms with Crippen LogP contribution in [0.25, 0.3) is 0 Å². The average molecular weight is 317 g/mol. The van der Waals surface area contributed by atoms with Crippen molar-refractivity contribution in [2.24, 2.45) is 0 Å². The summed E-state index contributed by atoms with van der Waals surface area (Å²) < 4.78 is 32.2. The molecule has 0 amide bonds. The van der Waals surface area contributed by atoms with Gasteiger partial charge in [-0.15, -0.1) is 0 Å². The Balaban J connectivity index is 2.30. The van der Waals surface area contributed by atoms with E-state index in [-0.39, 0.29) is 4.90 Å². The van der Waals surface area contributed by atoms with Crippen LogP contribution >= 0.6 is 0 Å². The van der Waals surface area contributed by atoms with Crippen LogP contribution in [0.15, 0.2) is 72.1 Å². The van der Waals surface area contributed by atoms with E-state index in [4.69, 9.17) is 4.74 Å². The summed E-state index contributed by atoms with van der Waals surface area (Å²) in [6, 6.07) is 15.4. The van der Waals surface area contributed by atoms with E-state index in [2.05, 4.69) is 6.58 Å². The largest absolute Gasteiger partial charge is 0.490 e. The zero-order valence-electron chi connectivity index (χ0n) is 12.5. The quantitative estimate of drug-likeness (QED) is 0.735. The molecule has 5 heteroatoms. The first-order valence-corrected chi connectivity index (χ1v) is 8.45. The lowest BCUT2D eigenvalue weighted by molar-refractivity contribution is 0.363. The van der Waals surface area contributed by atoms with Crippen LogP contribution < -0.4 is 9.04 Å². The molecule has 0 aliphatic carbocycles. The molecule has 116 valence electrons. The number of hydrogen-bond donors (Lipinski definition) is 0. The van der Waals surface area contributed by atoms with E-state index in [1.165, 1.54) is 4.31 Å². The first-order chi connectivity index (χ1) is 10.6. The van der Waals surface area contributed by atoms with Gasteiger partial charge in [0.1, 0.15) is 12.4 Å². The van der Waals surface area contributed by atoms with Gasteiger partial charge >= 0.3 is 0 Å². The van der Waals surface area contributed by atoms with Crippen LogP contribution in [0.1, 0.15) is 6.92 Å². The highest BCUT2D eigenvalue weighted by Gasteiger charge is 2.23. The van der Waals surface area contributed by atoms with Gasteiger partial charge < -0.3 is 4.74 Å². The molecule has 2 aromatic rings. The number of anilines is 1. The Kier molecular flexibility index (Phi) is 5.22. The third-order valence-electron chi connectivity index (χ3n) is 3.11. The number of benzene rings is 2. The summed E-state index contributed by atoms with van der Waals surface area (Å²) in [5.41, 5.74) is 0.609. The summed E-state index contributed by atoms with van der Waals surface area (Å²) in [7, 11) is -3.56. The SMILES string of the molecule is C=CCOc1ccc(N(CC)S(=O)(=O)c2ccccc2)cc1. The predicted molar refractivity (Wildman–Crippen MR) is 88.8 cm³/mol. The van der Waals surface area contributed by atoms with Gasteiger partial charge in [0.15, 0.2) is 0 Å². The zero-order chi connectivity index (χ0) is 16.0. The second-order valence-corrected chi connectivity index (χ2v) is 6.44. The summed E-state index contributed by atoms with van der Waals surface area (Å²) in [6.45, 7) is 6.16. The summed E-state index contributed by atoms with van der Waals surface area (Å²) in [5, 5.41) is 0. The van der Waals surface area contributed by atoms with Crippen LogP contribution in [0, 0.1) is 0 Å². The number of nitrogens with zero attached hydrogens (tertiary/aromatic N) is 1. The van der Waals surface area contributed by atoms with Crippen molar-refractivity contribution in [1.29, 1.82) is 0 Å². The number of ether oxygens (including phenoxy) is 1. The van der Waals surface area contributed by atoms with E-state index < -0.39 is 10.0 Å². The van der Waals surface area contributed by atoms with E-state index >= 15 is 0 Å². The molecule has 2 rings (SSSR count). The maximum absolute atomic E-state index is 12.7. The van der Waals surface area contributed by atoms with Crippen molar-refractivity contribution in [3.05, 3.63) is 67.3 Å². The number of sulfonamides is 1. The fourth-order valence-corrected chi connectivity index (χ4v) is 3.57. The fourth-order valence-electron chi connectivity index (χ4n) is 2.07. The lowest BCUT2D eigenvalue weighted by Gasteiger charge is -2.23. The van der Waals surface area contributed by atoms with E-state index in [1.807, 2.05) is 6.92 Å². The molecular weight excluding hydrogens is 298 g/mol. The molecule has 0 aromatic heterocycles. The van der Waals surface area contributed by atoms with Gasteiger partial charge in [0.25, 0.3) is 10.0 Å². The Morgan fingerprint density at radius 3 is 2.27 bits per heavy atom. The van der Waals surface area contributed by atoms with Crippen molar-refractivity contribution >= 4 is 15.7 Å². The lowest BCUT2D eigenvalue weighted by atomic mass is 10.3. The topological polar surface area (TPSA) is 46.6 Å². The Morgan fingerprint density at radius 2 is 1.73 bits per heavy atom. The zero-order valence-corrected chi connectivity index (χ0v) is 13.3. The van der Waals surface area contributed by atoms with Gasteiger partial charge in [-0.25, -0.2) is 8.42 Å². The van der Waals surface area contributed by atoms with Crippen molar-refractivity contribution in [3.8, 4) is 5.75 Å². The summed E-state index contributed by atoms with van der Waals surface area (Å²) in [5.74, 6) is 0.678. The molecule has 0 saturated heterocycles. The van der Waals surface area contributed by atoms with Crippen molar-refractivity contribution in [2.75, 3.05) is 17.5 Å². The van der Waals surface area contributed by atoms with Crippen molar-refractivity contribution < 1.29 is 13.2 Å². The molecule has 0 bridgehead atoms. The van der Waals surface area contributed by atoms with Crippen LogP contribution in [-0.4, -0.2) is 21.6 Å². The van der Waals surface area contributed by atoms with Crippen molar-refractivity contribution in [1.82, 2.24) is 0 Å². The van der Waals surface area contributed by atoms with Crippen molar-refractivity contribution in [2.45, 2.75) is 11.8 Å². The Morgan fingerprint density at radius 1 is 1.09 bits per heavy atom. The molecule has 0 aliphatic heterocycles. The van der Waals surface area contributed by atoms with Gasteiger partial charge in [0.05, 0.1) is 10.6 Å². The van der Waals surface area contributed by atoms with E-state index in [0.29, 0.717) is 24.6 Å². The molecule has 0 N–H and O–H groups in total. The summed E-state index contributed by atoms with van der Waals surface area (Å²) >= 11 is 0. The molecule has 0 saturated carbocycles. The Labute approximate surface area is 131 Å². The molecule has 4 nitrogen and oxygen atoms in total. The second kappa shape index (κ2) is 7.13. The average Bonchev–Trinajstić information content (AvgIpc) is 2.55. The van der Waals surface area contributed by atoms with Crippen LogP contribution in [0.5, 0.6) is 5.75 Å². The predicted octanol–water partition coefficient (Wildman–Crippen LogP) is 3.47. The standard InChI is InChI=1S/C17H19NO3S/c1-3-14-21-16-12-10-15(11-13-16)18(4-2)22(19,20)17-8-6-5-7-9-17/h3,5-13H,1,4,14H2,2H3. The van der Waals surface area contributed by atoms with Crippen LogP contribution in [0.2, 0.25) is 0 Å². The third kappa shape index (κ3) is 3.49. The molecule has 0 spiro atoms. The monoisotopic (exact) mass is 317 g/mol. The number of hydrogen-bond acceptors (Lipinski definition) is 3. The molecule has 0 radical (unpaired) electrons. The van der Waals surface area contributed by atoms with Gasteiger partial charge in [-0.3, -0.25) is 4.31 Å². The maximum Gasteiger partial charge on any atom is 0.264 e. The van der Waals surface area contributed by atoms with E-state index in [1.54, 1.807) is 60.7 Å². The van der Waals surface area contributed by atoms with Gasteiger partial charge in [0, 0.05) is 6.54 Å². The van der Waals surface area contributed by atoms with Gasteiger partial charge in [-0.1, -0.05) is 30.9 Å². The van der Waals surface area contributed by atoms with Crippen LogP contribution in [-0.2, 0) is 10.0 Å². The molecule has 0 unspecified atom stereocenters. The van der Waals surface area contributed by atoms with Crippen LogP contribution in [0.4, 0.5) is 5.69 Å². The first-order valence-electron chi connectivity index (χ1n) is 7.01. The van der Waals surface area contributed by atoms with E-state index in [9.17, 15) is 8.42 Å². The molecule has 0 heterocycles. The Hall–Kier alpha value is -2.27. The molecular formula is C17H19NO3S. The minimum absolute atomic E-state index is 0.281. The van der Waals surface area contributed by atoms with E-state index in [0.717, 1.165) is 0 Å². The van der Waals surface area contributed by atoms with Gasteiger partial charge in [0.2, 0.25) is 0 Å².